The Kier molecular flexibility index (Phi) is 24.2. The lowest BCUT2D eigenvalue weighted by atomic mass is 9.98. The van der Waals surface area contributed by atoms with Crippen LogP contribution in [0, 0.1) is 0 Å². The van der Waals surface area contributed by atoms with Gasteiger partial charge >= 0.3 is 12.1 Å². The van der Waals surface area contributed by atoms with E-state index in [4.69, 9.17) is 47.4 Å². The predicted molar refractivity (Wildman–Crippen MR) is 224 cm³/mol. The van der Waals surface area contributed by atoms with Gasteiger partial charge in [-0.2, -0.15) is 0 Å². The molecule has 14 heteroatoms. The van der Waals surface area contributed by atoms with Gasteiger partial charge in [-0.25, -0.2) is 9.59 Å². The van der Waals surface area contributed by atoms with Gasteiger partial charge in [0.25, 0.3) is 0 Å². The maximum atomic E-state index is 12.6. The molecule has 3 aromatic rings. The number of nitrogens with zero attached hydrogens (tertiary/aromatic N) is 1. The standard InChI is InChI=1S/C45H64N2O12/c1-3-4-17-46-38-15-13-37(14-16-38)44(48)58-35-34-57-33-32-56-31-30-55-29-28-54-27-26-53-25-24-52-23-22-51-21-20-50-19-18-47(2)45(49)59-36-43-41-11-7-5-9-39(41)40-10-6-8-12-42(40)43/h5-16,43,46H,3-4,17-36H2,1-2H3. The molecule has 0 atom stereocenters. The monoisotopic (exact) mass is 824 g/mol. The van der Waals surface area contributed by atoms with Crippen LogP contribution in [-0.2, 0) is 47.4 Å². The Morgan fingerprint density at radius 3 is 1.42 bits per heavy atom. The molecule has 0 aromatic heterocycles. The molecular formula is C45H64N2O12. The number of carbonyl (C=O) groups is 2. The van der Waals surface area contributed by atoms with Crippen molar-refractivity contribution >= 4 is 17.7 Å². The molecule has 0 aliphatic heterocycles. The fourth-order valence-corrected chi connectivity index (χ4v) is 6.05. The summed E-state index contributed by atoms with van der Waals surface area (Å²) in [5.41, 5.74) is 6.29. The minimum atomic E-state index is -0.368. The van der Waals surface area contributed by atoms with E-state index in [0.717, 1.165) is 25.1 Å². The average molecular weight is 825 g/mol. The summed E-state index contributed by atoms with van der Waals surface area (Å²) in [6.45, 7) is 11.0. The number of hydrogen-bond donors (Lipinski definition) is 1. The third-order valence-electron chi connectivity index (χ3n) is 9.26. The minimum Gasteiger partial charge on any atom is -0.460 e. The molecule has 59 heavy (non-hydrogen) atoms. The Labute approximate surface area is 349 Å². The van der Waals surface area contributed by atoms with Crippen LogP contribution in [0.15, 0.2) is 72.8 Å². The molecule has 0 fully saturated rings. The number of benzene rings is 3. The number of ether oxygens (including phenoxy) is 10. The zero-order valence-electron chi connectivity index (χ0n) is 34.9. The summed E-state index contributed by atoms with van der Waals surface area (Å²) in [6.07, 6.45) is 1.87. The molecule has 3 aromatic carbocycles. The second-order valence-corrected chi connectivity index (χ2v) is 13.6. The molecule has 0 saturated heterocycles. The van der Waals surface area contributed by atoms with Crippen LogP contribution in [0.5, 0.6) is 0 Å². The Morgan fingerprint density at radius 2 is 0.966 bits per heavy atom. The highest BCUT2D eigenvalue weighted by Gasteiger charge is 2.29. The van der Waals surface area contributed by atoms with E-state index < -0.39 is 0 Å². The first-order valence-corrected chi connectivity index (χ1v) is 20.8. The summed E-state index contributed by atoms with van der Waals surface area (Å²) in [5.74, 6) is -0.332. The van der Waals surface area contributed by atoms with Crippen molar-refractivity contribution in [1.82, 2.24) is 4.90 Å². The van der Waals surface area contributed by atoms with Gasteiger partial charge in [-0.3, -0.25) is 0 Å². The maximum Gasteiger partial charge on any atom is 0.409 e. The Morgan fingerprint density at radius 1 is 0.542 bits per heavy atom. The van der Waals surface area contributed by atoms with E-state index in [1.807, 2.05) is 36.4 Å². The fraction of sp³-hybridized carbons (Fsp3) is 0.556. The molecule has 0 radical (unpaired) electrons. The number of fused-ring (bicyclic) bond motifs is 3. The normalized spacial score (nSPS) is 12.0. The largest absolute Gasteiger partial charge is 0.460 e. The van der Waals surface area contributed by atoms with Crippen molar-refractivity contribution in [1.29, 1.82) is 0 Å². The van der Waals surface area contributed by atoms with Crippen molar-refractivity contribution in [2.45, 2.75) is 25.7 Å². The quantitative estimate of drug-likeness (QED) is 0.0551. The van der Waals surface area contributed by atoms with Crippen molar-refractivity contribution in [3.05, 3.63) is 89.5 Å². The number of esters is 1. The average Bonchev–Trinajstić information content (AvgIpc) is 3.58. The van der Waals surface area contributed by atoms with Gasteiger partial charge in [-0.15, -0.1) is 0 Å². The second kappa shape index (κ2) is 30.0. The van der Waals surface area contributed by atoms with Gasteiger partial charge in [0.1, 0.15) is 13.2 Å². The van der Waals surface area contributed by atoms with Crippen LogP contribution in [0.2, 0.25) is 0 Å². The van der Waals surface area contributed by atoms with E-state index in [1.54, 1.807) is 19.2 Å². The number of unbranched alkanes of at least 4 members (excludes halogenated alkanes) is 1. The zero-order valence-corrected chi connectivity index (χ0v) is 34.9. The van der Waals surface area contributed by atoms with Gasteiger partial charge in [0.2, 0.25) is 0 Å². The van der Waals surface area contributed by atoms with Crippen molar-refractivity contribution < 1.29 is 57.0 Å². The highest BCUT2D eigenvalue weighted by molar-refractivity contribution is 5.89. The second-order valence-electron chi connectivity index (χ2n) is 13.6. The molecule has 326 valence electrons. The van der Waals surface area contributed by atoms with Crippen molar-refractivity contribution in [3.8, 4) is 11.1 Å². The highest BCUT2D eigenvalue weighted by Crippen LogP contribution is 2.44. The van der Waals surface area contributed by atoms with Crippen LogP contribution in [0.25, 0.3) is 11.1 Å². The third-order valence-corrected chi connectivity index (χ3v) is 9.26. The van der Waals surface area contributed by atoms with Gasteiger partial charge in [0.05, 0.1) is 111 Å². The molecule has 0 bridgehead atoms. The topological polar surface area (TPSA) is 142 Å². The first-order valence-electron chi connectivity index (χ1n) is 20.8. The Bertz CT molecular complexity index is 1530. The van der Waals surface area contributed by atoms with Gasteiger partial charge in [0, 0.05) is 31.7 Å². The van der Waals surface area contributed by atoms with Crippen LogP contribution in [-0.4, -0.2) is 156 Å². The summed E-state index contributed by atoms with van der Waals surface area (Å²) in [7, 11) is 1.71. The third kappa shape index (κ3) is 18.8. The van der Waals surface area contributed by atoms with E-state index >= 15 is 0 Å². The molecule has 1 N–H and O–H groups in total. The first kappa shape index (κ1) is 47.6. The van der Waals surface area contributed by atoms with E-state index in [9.17, 15) is 9.59 Å². The van der Waals surface area contributed by atoms with Gasteiger partial charge in [-0.1, -0.05) is 61.9 Å². The maximum absolute atomic E-state index is 12.6. The molecule has 1 aliphatic rings. The molecular weight excluding hydrogens is 760 g/mol. The van der Waals surface area contributed by atoms with Gasteiger partial charge in [-0.05, 0) is 52.9 Å². The van der Waals surface area contributed by atoms with Crippen LogP contribution in [0.4, 0.5) is 10.5 Å². The van der Waals surface area contributed by atoms with Crippen molar-refractivity contribution in [2.24, 2.45) is 0 Å². The molecule has 0 saturated carbocycles. The number of nitrogens with one attached hydrogen (secondary N) is 1. The van der Waals surface area contributed by atoms with Crippen molar-refractivity contribution in [3.63, 3.8) is 0 Å². The lowest BCUT2D eigenvalue weighted by Gasteiger charge is -2.19. The molecule has 0 unspecified atom stereocenters. The first-order chi connectivity index (χ1) is 29.1. The summed E-state index contributed by atoms with van der Waals surface area (Å²) < 4.78 is 55.1. The predicted octanol–water partition coefficient (Wildman–Crippen LogP) is 6.07. The van der Waals surface area contributed by atoms with Crippen molar-refractivity contribution in [2.75, 3.05) is 144 Å². The Balaban J connectivity index is 0.819. The Hall–Kier alpha value is -4.12. The summed E-state index contributed by atoms with van der Waals surface area (Å²) in [5, 5.41) is 3.32. The number of anilines is 1. The molecule has 0 spiro atoms. The minimum absolute atomic E-state index is 0.0339. The lowest BCUT2D eigenvalue weighted by Crippen LogP contribution is -2.32. The number of likely N-dealkylation sites (N-methyl/N-ethyl adjacent to an activating group) is 1. The summed E-state index contributed by atoms with van der Waals surface area (Å²) in [4.78, 5) is 26.3. The van der Waals surface area contributed by atoms with Crippen LogP contribution < -0.4 is 5.32 Å². The SMILES string of the molecule is CCCCNc1ccc(C(=O)OCCOCCOCCOCCOCCOCCOCCOCCOCCN(C)C(=O)OCC2c3ccccc3-c3ccccc32)cc1. The number of amides is 1. The number of carbonyl (C=O) groups excluding carboxylic acids is 2. The van der Waals surface area contributed by atoms with E-state index in [0.29, 0.717) is 124 Å². The van der Waals surface area contributed by atoms with Gasteiger partial charge < -0.3 is 57.6 Å². The molecule has 1 amide bonds. The molecule has 14 nitrogen and oxygen atoms in total. The molecule has 4 rings (SSSR count). The lowest BCUT2D eigenvalue weighted by molar-refractivity contribution is -0.0245. The van der Waals surface area contributed by atoms with Crippen LogP contribution >= 0.6 is 0 Å². The number of rotatable bonds is 34. The zero-order chi connectivity index (χ0) is 41.6. The fourth-order valence-electron chi connectivity index (χ4n) is 6.05. The van der Waals surface area contributed by atoms with E-state index in [1.165, 1.54) is 27.2 Å². The summed E-state index contributed by atoms with van der Waals surface area (Å²) >= 11 is 0. The van der Waals surface area contributed by atoms with E-state index in [2.05, 4.69) is 36.5 Å². The smallest absolute Gasteiger partial charge is 0.409 e. The summed E-state index contributed by atoms with van der Waals surface area (Å²) in [6, 6.07) is 23.9. The van der Waals surface area contributed by atoms with Crippen LogP contribution in [0.1, 0.15) is 47.2 Å². The highest BCUT2D eigenvalue weighted by atomic mass is 16.6. The van der Waals surface area contributed by atoms with Crippen LogP contribution in [0.3, 0.4) is 0 Å². The van der Waals surface area contributed by atoms with E-state index in [-0.39, 0.29) is 24.6 Å². The van der Waals surface area contributed by atoms with Gasteiger partial charge in [0.15, 0.2) is 0 Å². The number of hydrogen-bond acceptors (Lipinski definition) is 13. The molecule has 0 heterocycles. The molecule has 1 aliphatic carbocycles.